The molecule has 0 saturated heterocycles. The average Bonchev–Trinajstić information content (AvgIpc) is 2.76. The van der Waals surface area contributed by atoms with Crippen molar-refractivity contribution in [1.29, 1.82) is 0 Å². The molecule has 0 spiro atoms. The van der Waals surface area contributed by atoms with Crippen molar-refractivity contribution < 1.29 is 22.4 Å². The number of benzene rings is 3. The van der Waals surface area contributed by atoms with E-state index in [4.69, 9.17) is 11.6 Å². The maximum Gasteiger partial charge on any atom is 0.416 e. The van der Waals surface area contributed by atoms with Gasteiger partial charge in [-0.3, -0.25) is 4.79 Å². The van der Waals surface area contributed by atoms with E-state index in [9.17, 15) is 22.4 Å². The van der Waals surface area contributed by atoms with E-state index >= 15 is 0 Å². The number of amides is 1. The zero-order valence-electron chi connectivity index (χ0n) is 19.2. The Hall–Kier alpha value is -2.86. The Balaban J connectivity index is 1.89. The molecule has 3 rings (SSSR count). The molecule has 3 aromatic carbocycles. The predicted octanol–water partition coefficient (Wildman–Crippen LogP) is 7.68. The van der Waals surface area contributed by atoms with E-state index in [1.165, 1.54) is 23.1 Å². The van der Waals surface area contributed by atoms with Crippen LogP contribution in [0.1, 0.15) is 53.4 Å². The fourth-order valence-corrected chi connectivity index (χ4v) is 3.79. The molecule has 3 aromatic rings. The van der Waals surface area contributed by atoms with E-state index in [-0.39, 0.29) is 34.9 Å². The van der Waals surface area contributed by atoms with E-state index in [1.54, 1.807) is 12.1 Å². The summed E-state index contributed by atoms with van der Waals surface area (Å²) in [6, 6.07) is 16.6. The standard InChI is InChI=1S/C27H26ClF4NO/c1-26(2,3)21-8-4-19(5-9-21)17-33(13-12-18-6-10-24(29)11-7-18)25(34)20-14-22(27(30,31)32)16-23(28)15-20/h4-11,14-16H,12-13,17H2,1-3H3. The number of hydrogen-bond acceptors (Lipinski definition) is 1. The second-order valence-electron chi connectivity index (χ2n) is 9.28. The first-order valence-electron chi connectivity index (χ1n) is 10.8. The van der Waals surface area contributed by atoms with Crippen molar-refractivity contribution in [2.24, 2.45) is 0 Å². The zero-order chi connectivity index (χ0) is 25.1. The van der Waals surface area contributed by atoms with E-state index in [2.05, 4.69) is 20.8 Å². The van der Waals surface area contributed by atoms with Gasteiger partial charge in [-0.05, 0) is 58.9 Å². The summed E-state index contributed by atoms with van der Waals surface area (Å²) in [5, 5.41) is -0.161. The molecule has 0 saturated carbocycles. The first kappa shape index (κ1) is 25.8. The molecule has 0 aromatic heterocycles. The molecule has 0 aliphatic heterocycles. The summed E-state index contributed by atoms with van der Waals surface area (Å²) in [7, 11) is 0. The molecule has 0 atom stereocenters. The van der Waals surface area contributed by atoms with E-state index < -0.39 is 17.6 Å². The quantitative estimate of drug-likeness (QED) is 0.324. The van der Waals surface area contributed by atoms with Gasteiger partial charge in [0.2, 0.25) is 0 Å². The summed E-state index contributed by atoms with van der Waals surface area (Å²) >= 11 is 5.91. The molecule has 1 amide bonds. The molecule has 0 aliphatic rings. The van der Waals surface area contributed by atoms with Crippen molar-refractivity contribution in [3.05, 3.63) is 105 Å². The first-order chi connectivity index (χ1) is 15.8. The van der Waals surface area contributed by atoms with E-state index in [0.717, 1.165) is 28.8 Å². The third-order valence-electron chi connectivity index (χ3n) is 5.54. The molecule has 180 valence electrons. The number of alkyl halides is 3. The van der Waals surface area contributed by atoms with Crippen molar-refractivity contribution in [3.8, 4) is 0 Å². The molecular formula is C27H26ClF4NO. The second-order valence-corrected chi connectivity index (χ2v) is 9.71. The summed E-state index contributed by atoms with van der Waals surface area (Å²) in [6.07, 6.45) is -4.21. The van der Waals surface area contributed by atoms with Gasteiger partial charge in [0.1, 0.15) is 5.82 Å². The molecular weight excluding hydrogens is 466 g/mol. The molecule has 2 nitrogen and oxygen atoms in total. The number of carbonyl (C=O) groups excluding carboxylic acids is 1. The van der Waals surface area contributed by atoms with Gasteiger partial charge in [-0.1, -0.05) is 68.8 Å². The highest BCUT2D eigenvalue weighted by Gasteiger charge is 2.32. The first-order valence-corrected chi connectivity index (χ1v) is 11.2. The normalized spacial score (nSPS) is 12.0. The highest BCUT2D eigenvalue weighted by Crippen LogP contribution is 2.32. The van der Waals surface area contributed by atoms with Crippen molar-refractivity contribution in [1.82, 2.24) is 4.90 Å². The monoisotopic (exact) mass is 491 g/mol. The van der Waals surface area contributed by atoms with Crippen molar-refractivity contribution in [2.45, 2.75) is 45.3 Å². The minimum atomic E-state index is -4.62. The number of nitrogens with zero attached hydrogens (tertiary/aromatic N) is 1. The zero-order valence-corrected chi connectivity index (χ0v) is 20.0. The lowest BCUT2D eigenvalue weighted by molar-refractivity contribution is -0.137. The van der Waals surface area contributed by atoms with Crippen LogP contribution in [0.2, 0.25) is 5.02 Å². The van der Waals surface area contributed by atoms with Crippen LogP contribution in [0.3, 0.4) is 0 Å². The maximum atomic E-state index is 13.3. The molecule has 0 unspecified atom stereocenters. The van der Waals surface area contributed by atoms with Gasteiger partial charge in [0.25, 0.3) is 5.91 Å². The van der Waals surface area contributed by atoms with Crippen LogP contribution in [0.25, 0.3) is 0 Å². The minimum absolute atomic E-state index is 0.0363. The maximum absolute atomic E-state index is 13.3. The Morgan fingerprint density at radius 3 is 2.00 bits per heavy atom. The Labute approximate surface area is 202 Å². The van der Waals surface area contributed by atoms with Crippen LogP contribution >= 0.6 is 11.6 Å². The van der Waals surface area contributed by atoms with Crippen LogP contribution in [-0.4, -0.2) is 17.4 Å². The van der Waals surface area contributed by atoms with Crippen LogP contribution in [0.15, 0.2) is 66.7 Å². The lowest BCUT2D eigenvalue weighted by Gasteiger charge is -2.25. The molecule has 0 fully saturated rings. The molecule has 0 N–H and O–H groups in total. The van der Waals surface area contributed by atoms with Crippen LogP contribution in [0.5, 0.6) is 0 Å². The van der Waals surface area contributed by atoms with Crippen LogP contribution in [0.4, 0.5) is 17.6 Å². The number of rotatable bonds is 6. The van der Waals surface area contributed by atoms with Gasteiger partial charge in [0, 0.05) is 23.7 Å². The molecule has 7 heteroatoms. The second kappa shape index (κ2) is 10.2. The third-order valence-corrected chi connectivity index (χ3v) is 5.75. The molecule has 0 bridgehead atoms. The molecule has 0 aliphatic carbocycles. The summed E-state index contributed by atoms with van der Waals surface area (Å²) in [5.74, 6) is -0.927. The topological polar surface area (TPSA) is 20.3 Å². The van der Waals surface area contributed by atoms with Gasteiger partial charge in [0.05, 0.1) is 5.56 Å². The van der Waals surface area contributed by atoms with Crippen LogP contribution < -0.4 is 0 Å². The number of hydrogen-bond donors (Lipinski definition) is 0. The van der Waals surface area contributed by atoms with Gasteiger partial charge in [-0.25, -0.2) is 4.39 Å². The Morgan fingerprint density at radius 2 is 1.44 bits per heavy atom. The van der Waals surface area contributed by atoms with E-state index in [1.807, 2.05) is 24.3 Å². The summed E-state index contributed by atoms with van der Waals surface area (Å²) in [4.78, 5) is 14.8. The smallest absolute Gasteiger partial charge is 0.334 e. The Morgan fingerprint density at radius 1 is 0.853 bits per heavy atom. The Kier molecular flexibility index (Phi) is 7.71. The molecule has 0 heterocycles. The Bertz CT molecular complexity index is 1130. The van der Waals surface area contributed by atoms with Crippen LogP contribution in [0, 0.1) is 5.82 Å². The average molecular weight is 492 g/mol. The largest absolute Gasteiger partial charge is 0.416 e. The number of halogens is 5. The van der Waals surface area contributed by atoms with Gasteiger partial charge < -0.3 is 4.90 Å². The summed E-state index contributed by atoms with van der Waals surface area (Å²) in [5.41, 5.74) is 1.64. The van der Waals surface area contributed by atoms with Crippen LogP contribution in [-0.2, 0) is 24.6 Å². The predicted molar refractivity (Wildman–Crippen MR) is 126 cm³/mol. The SMILES string of the molecule is CC(C)(C)c1ccc(CN(CCc2ccc(F)cc2)C(=O)c2cc(Cl)cc(C(F)(F)F)c2)cc1. The third kappa shape index (κ3) is 6.83. The van der Waals surface area contributed by atoms with Gasteiger partial charge in [0.15, 0.2) is 0 Å². The van der Waals surface area contributed by atoms with Crippen molar-refractivity contribution in [2.75, 3.05) is 6.54 Å². The van der Waals surface area contributed by atoms with Gasteiger partial charge in [-0.2, -0.15) is 13.2 Å². The fraction of sp³-hybridized carbons (Fsp3) is 0.296. The molecule has 0 radical (unpaired) electrons. The van der Waals surface area contributed by atoms with E-state index in [0.29, 0.717) is 6.42 Å². The number of carbonyl (C=O) groups is 1. The van der Waals surface area contributed by atoms with Crippen molar-refractivity contribution in [3.63, 3.8) is 0 Å². The van der Waals surface area contributed by atoms with Gasteiger partial charge in [-0.15, -0.1) is 0 Å². The lowest BCUT2D eigenvalue weighted by atomic mass is 9.87. The molecule has 34 heavy (non-hydrogen) atoms. The lowest BCUT2D eigenvalue weighted by Crippen LogP contribution is -2.32. The summed E-state index contributed by atoms with van der Waals surface area (Å²) in [6.45, 7) is 6.73. The van der Waals surface area contributed by atoms with Crippen molar-refractivity contribution >= 4 is 17.5 Å². The summed E-state index contributed by atoms with van der Waals surface area (Å²) < 4.78 is 53.1. The fourth-order valence-electron chi connectivity index (χ4n) is 3.56. The highest BCUT2D eigenvalue weighted by atomic mass is 35.5. The minimum Gasteiger partial charge on any atom is -0.334 e. The van der Waals surface area contributed by atoms with Gasteiger partial charge >= 0.3 is 6.18 Å². The highest BCUT2D eigenvalue weighted by molar-refractivity contribution is 6.31.